The summed E-state index contributed by atoms with van der Waals surface area (Å²) < 4.78 is 30.0. The molecule has 0 unspecified atom stereocenters. The summed E-state index contributed by atoms with van der Waals surface area (Å²) in [5.41, 5.74) is 1.96. The van der Waals surface area contributed by atoms with Crippen LogP contribution in [0, 0.1) is 0 Å². The first-order valence-corrected chi connectivity index (χ1v) is 10.7. The maximum absolute atomic E-state index is 13.4. The fourth-order valence-electron chi connectivity index (χ4n) is 3.64. The largest absolute Gasteiger partial charge is 0.269 e. The number of nitrogens with zero attached hydrogens (tertiary/aromatic N) is 3. The molecule has 0 bridgehead atoms. The Labute approximate surface area is 160 Å². The maximum Gasteiger partial charge on any atom is 0.267 e. The highest BCUT2D eigenvalue weighted by molar-refractivity contribution is 7.93. The Hall–Kier alpha value is -2.60. The van der Waals surface area contributed by atoms with Crippen molar-refractivity contribution in [3.63, 3.8) is 0 Å². The molecule has 27 heavy (non-hydrogen) atoms. The monoisotopic (exact) mass is 381 g/mol. The SMILES string of the molecule is CN(c1ccccc1)S(=O)(=O)c1cn(C2CCCC2)nc1-c1ccccc1. The van der Waals surface area contributed by atoms with Gasteiger partial charge in [0.15, 0.2) is 0 Å². The number of hydrogen-bond acceptors (Lipinski definition) is 3. The Morgan fingerprint density at radius 3 is 2.19 bits per heavy atom. The summed E-state index contributed by atoms with van der Waals surface area (Å²) in [4.78, 5) is 0.256. The first-order chi connectivity index (χ1) is 13.1. The minimum absolute atomic E-state index is 0.256. The fraction of sp³-hybridized carbons (Fsp3) is 0.286. The molecule has 1 aliphatic rings. The molecule has 140 valence electrons. The molecular weight excluding hydrogens is 358 g/mol. The molecule has 0 amide bonds. The zero-order valence-electron chi connectivity index (χ0n) is 15.3. The molecule has 1 fully saturated rings. The van der Waals surface area contributed by atoms with Crippen LogP contribution in [0.4, 0.5) is 5.69 Å². The van der Waals surface area contributed by atoms with E-state index >= 15 is 0 Å². The van der Waals surface area contributed by atoms with Crippen molar-refractivity contribution in [2.45, 2.75) is 36.6 Å². The van der Waals surface area contributed by atoms with E-state index in [1.165, 1.54) is 4.31 Å². The van der Waals surface area contributed by atoms with Crippen LogP contribution in [0.1, 0.15) is 31.7 Å². The summed E-state index contributed by atoms with van der Waals surface area (Å²) in [6, 6.07) is 18.9. The van der Waals surface area contributed by atoms with Crippen LogP contribution in [0.3, 0.4) is 0 Å². The average Bonchev–Trinajstić information content (AvgIpc) is 3.38. The molecule has 1 aliphatic carbocycles. The summed E-state index contributed by atoms with van der Waals surface area (Å²) >= 11 is 0. The number of rotatable bonds is 5. The second-order valence-corrected chi connectivity index (χ2v) is 8.87. The van der Waals surface area contributed by atoms with Crippen LogP contribution in [-0.4, -0.2) is 25.2 Å². The number of benzene rings is 2. The van der Waals surface area contributed by atoms with Gasteiger partial charge in [-0.05, 0) is 25.0 Å². The van der Waals surface area contributed by atoms with Crippen LogP contribution in [0.25, 0.3) is 11.3 Å². The molecule has 3 aromatic rings. The van der Waals surface area contributed by atoms with Gasteiger partial charge in [-0.25, -0.2) is 8.42 Å². The van der Waals surface area contributed by atoms with Crippen LogP contribution in [0.2, 0.25) is 0 Å². The van der Waals surface area contributed by atoms with E-state index in [4.69, 9.17) is 5.10 Å². The Balaban J connectivity index is 1.83. The highest BCUT2D eigenvalue weighted by Crippen LogP contribution is 2.34. The second-order valence-electron chi connectivity index (χ2n) is 6.93. The summed E-state index contributed by atoms with van der Waals surface area (Å²) in [7, 11) is -2.14. The Kier molecular flexibility index (Phi) is 4.74. The van der Waals surface area contributed by atoms with Crippen molar-refractivity contribution in [1.29, 1.82) is 0 Å². The van der Waals surface area contributed by atoms with Crippen molar-refractivity contribution >= 4 is 15.7 Å². The van der Waals surface area contributed by atoms with Crippen LogP contribution in [0.15, 0.2) is 71.8 Å². The van der Waals surface area contributed by atoms with Crippen molar-refractivity contribution in [3.05, 3.63) is 66.9 Å². The van der Waals surface area contributed by atoms with Crippen molar-refractivity contribution < 1.29 is 8.42 Å². The lowest BCUT2D eigenvalue weighted by Crippen LogP contribution is -2.26. The molecular formula is C21H23N3O2S. The van der Waals surface area contributed by atoms with Gasteiger partial charge in [-0.1, -0.05) is 61.4 Å². The first-order valence-electron chi connectivity index (χ1n) is 9.26. The van der Waals surface area contributed by atoms with Gasteiger partial charge < -0.3 is 0 Å². The molecule has 0 radical (unpaired) electrons. The molecule has 2 aromatic carbocycles. The number of hydrogen-bond donors (Lipinski definition) is 0. The molecule has 0 atom stereocenters. The van der Waals surface area contributed by atoms with Crippen molar-refractivity contribution in [2.75, 3.05) is 11.4 Å². The van der Waals surface area contributed by atoms with Gasteiger partial charge in [-0.3, -0.25) is 8.99 Å². The Morgan fingerprint density at radius 1 is 0.963 bits per heavy atom. The van der Waals surface area contributed by atoms with Gasteiger partial charge in [-0.2, -0.15) is 5.10 Å². The predicted molar refractivity (Wildman–Crippen MR) is 107 cm³/mol. The summed E-state index contributed by atoms with van der Waals surface area (Å²) in [6.07, 6.45) is 6.13. The number of sulfonamides is 1. The molecule has 6 heteroatoms. The quantitative estimate of drug-likeness (QED) is 0.654. The highest BCUT2D eigenvalue weighted by Gasteiger charge is 2.30. The number of anilines is 1. The van der Waals surface area contributed by atoms with Gasteiger partial charge >= 0.3 is 0 Å². The molecule has 5 nitrogen and oxygen atoms in total. The second kappa shape index (κ2) is 7.19. The predicted octanol–water partition coefficient (Wildman–Crippen LogP) is 4.49. The van der Waals surface area contributed by atoms with E-state index in [2.05, 4.69) is 0 Å². The van der Waals surface area contributed by atoms with E-state index in [0.717, 1.165) is 31.2 Å². The van der Waals surface area contributed by atoms with E-state index < -0.39 is 10.0 Å². The van der Waals surface area contributed by atoms with E-state index in [-0.39, 0.29) is 10.9 Å². The van der Waals surface area contributed by atoms with E-state index in [0.29, 0.717) is 11.4 Å². The van der Waals surface area contributed by atoms with Crippen molar-refractivity contribution in [1.82, 2.24) is 9.78 Å². The van der Waals surface area contributed by atoms with Crippen molar-refractivity contribution in [2.24, 2.45) is 0 Å². The molecule has 0 aliphatic heterocycles. The fourth-order valence-corrected chi connectivity index (χ4v) is 4.98. The third-order valence-corrected chi connectivity index (χ3v) is 6.99. The smallest absolute Gasteiger partial charge is 0.267 e. The van der Waals surface area contributed by atoms with Crippen molar-refractivity contribution in [3.8, 4) is 11.3 Å². The Morgan fingerprint density at radius 2 is 1.56 bits per heavy atom. The maximum atomic E-state index is 13.4. The van der Waals surface area contributed by atoms with Gasteiger partial charge in [0.05, 0.1) is 11.7 Å². The molecule has 1 heterocycles. The molecule has 0 spiro atoms. The third-order valence-electron chi connectivity index (χ3n) is 5.20. The van der Waals surface area contributed by atoms with Gasteiger partial charge in [0.1, 0.15) is 10.6 Å². The molecule has 1 saturated carbocycles. The van der Waals surface area contributed by atoms with Crippen LogP contribution in [-0.2, 0) is 10.0 Å². The molecule has 0 N–H and O–H groups in total. The lowest BCUT2D eigenvalue weighted by Gasteiger charge is -2.19. The van der Waals surface area contributed by atoms with Gasteiger partial charge in [0, 0.05) is 18.8 Å². The highest BCUT2D eigenvalue weighted by atomic mass is 32.2. The summed E-state index contributed by atoms with van der Waals surface area (Å²) in [5, 5.41) is 4.72. The molecule has 4 rings (SSSR count). The van der Waals surface area contributed by atoms with Crippen LogP contribution < -0.4 is 4.31 Å². The zero-order valence-corrected chi connectivity index (χ0v) is 16.1. The zero-order chi connectivity index (χ0) is 18.9. The number of aromatic nitrogens is 2. The minimum Gasteiger partial charge on any atom is -0.269 e. The van der Waals surface area contributed by atoms with Crippen LogP contribution >= 0.6 is 0 Å². The first kappa shape index (κ1) is 17.8. The topological polar surface area (TPSA) is 55.2 Å². The van der Waals surface area contributed by atoms with E-state index in [1.54, 1.807) is 25.4 Å². The summed E-state index contributed by atoms with van der Waals surface area (Å²) in [5.74, 6) is 0. The van der Waals surface area contributed by atoms with E-state index in [9.17, 15) is 8.42 Å². The van der Waals surface area contributed by atoms with Crippen LogP contribution in [0.5, 0.6) is 0 Å². The lowest BCUT2D eigenvalue weighted by atomic mass is 10.2. The molecule has 0 saturated heterocycles. The van der Waals surface area contributed by atoms with E-state index in [1.807, 2.05) is 53.2 Å². The van der Waals surface area contributed by atoms with Gasteiger partial charge in [0.25, 0.3) is 10.0 Å². The standard InChI is InChI=1S/C21H23N3O2S/c1-23(18-12-6-3-7-13-18)27(25,26)20-16-24(19-14-8-9-15-19)22-21(20)17-10-4-2-5-11-17/h2-7,10-13,16,19H,8-9,14-15H2,1H3. The Bertz CT molecular complexity index is 1010. The molecule has 1 aromatic heterocycles. The summed E-state index contributed by atoms with van der Waals surface area (Å²) in [6.45, 7) is 0. The number of para-hydroxylation sites is 1. The average molecular weight is 382 g/mol. The third kappa shape index (κ3) is 3.37. The minimum atomic E-state index is -3.73. The van der Waals surface area contributed by atoms with Gasteiger partial charge in [0.2, 0.25) is 0 Å². The van der Waals surface area contributed by atoms with Gasteiger partial charge in [-0.15, -0.1) is 0 Å². The lowest BCUT2D eigenvalue weighted by molar-refractivity contribution is 0.467. The normalized spacial score (nSPS) is 15.1.